The van der Waals surface area contributed by atoms with E-state index >= 15 is 0 Å². The lowest BCUT2D eigenvalue weighted by Gasteiger charge is -2.32. The summed E-state index contributed by atoms with van der Waals surface area (Å²) in [6.07, 6.45) is 4.21. The molecular weight excluding hydrogens is 308 g/mol. The molecule has 1 unspecified atom stereocenters. The topological polar surface area (TPSA) is 32.3 Å². The number of rotatable bonds is 5. The normalized spacial score (nSPS) is 15.7. The number of amides is 1. The minimum Gasteiger partial charge on any atom is -0.371 e. The molecule has 0 spiro atoms. The summed E-state index contributed by atoms with van der Waals surface area (Å²) >= 11 is 0. The summed E-state index contributed by atoms with van der Waals surface area (Å²) in [5, 5.41) is 3.16. The first-order valence-corrected chi connectivity index (χ1v) is 9.17. The van der Waals surface area contributed by atoms with Crippen molar-refractivity contribution >= 4 is 11.6 Å². The van der Waals surface area contributed by atoms with E-state index in [0.717, 1.165) is 24.2 Å². The zero-order valence-electron chi connectivity index (χ0n) is 15.0. The van der Waals surface area contributed by atoms with Crippen molar-refractivity contribution in [1.82, 2.24) is 5.32 Å². The van der Waals surface area contributed by atoms with E-state index in [0.29, 0.717) is 6.42 Å². The standard InChI is InChI=1S/C22H27N2O/c1-17-10-12-19(13-11-17)16-22(25)23-18(2)20-8-4-5-9-21(20)24-14-6-3-7-15-24/h4-5,8-13,18H,1,3,6-7,14-16H2,2H3,(H,23,25). The highest BCUT2D eigenvalue weighted by Crippen LogP contribution is 2.28. The van der Waals surface area contributed by atoms with Crippen LogP contribution in [0, 0.1) is 6.92 Å². The van der Waals surface area contributed by atoms with Crippen molar-refractivity contribution in [1.29, 1.82) is 0 Å². The number of nitrogens with zero attached hydrogens (tertiary/aromatic N) is 1. The Balaban J connectivity index is 1.67. The second kappa shape index (κ2) is 8.19. The molecule has 1 aliphatic rings. The Hall–Kier alpha value is -2.29. The second-order valence-electron chi connectivity index (χ2n) is 6.89. The largest absolute Gasteiger partial charge is 0.371 e. The summed E-state index contributed by atoms with van der Waals surface area (Å²) in [7, 11) is 0. The van der Waals surface area contributed by atoms with E-state index in [1.54, 1.807) is 0 Å². The molecule has 0 bridgehead atoms. The molecular formula is C22H27N2O. The number of nitrogens with one attached hydrogen (secondary N) is 1. The molecule has 2 aromatic carbocycles. The van der Waals surface area contributed by atoms with Gasteiger partial charge in [0.05, 0.1) is 12.5 Å². The first-order valence-electron chi connectivity index (χ1n) is 9.17. The molecule has 131 valence electrons. The quantitative estimate of drug-likeness (QED) is 0.884. The Morgan fingerprint density at radius 1 is 1.08 bits per heavy atom. The van der Waals surface area contributed by atoms with E-state index in [1.165, 1.54) is 30.5 Å². The summed E-state index contributed by atoms with van der Waals surface area (Å²) in [6.45, 7) is 8.16. The minimum atomic E-state index is -0.00209. The number of hydrogen-bond donors (Lipinski definition) is 1. The van der Waals surface area contributed by atoms with Crippen LogP contribution in [0.5, 0.6) is 0 Å². The number of para-hydroxylation sites is 1. The van der Waals surface area contributed by atoms with Crippen molar-refractivity contribution in [2.24, 2.45) is 0 Å². The maximum Gasteiger partial charge on any atom is 0.224 e. The lowest BCUT2D eigenvalue weighted by molar-refractivity contribution is -0.121. The fourth-order valence-electron chi connectivity index (χ4n) is 3.49. The van der Waals surface area contributed by atoms with Crippen molar-refractivity contribution in [3.8, 4) is 0 Å². The first kappa shape index (κ1) is 17.5. The van der Waals surface area contributed by atoms with E-state index in [-0.39, 0.29) is 11.9 Å². The number of benzene rings is 2. The molecule has 0 aromatic heterocycles. The van der Waals surface area contributed by atoms with Crippen LogP contribution in [0.1, 0.15) is 48.9 Å². The number of carbonyl (C=O) groups excluding carboxylic acids is 1. The van der Waals surface area contributed by atoms with Gasteiger partial charge in [-0.1, -0.05) is 42.5 Å². The highest BCUT2D eigenvalue weighted by atomic mass is 16.1. The highest BCUT2D eigenvalue weighted by molar-refractivity contribution is 5.79. The van der Waals surface area contributed by atoms with Crippen LogP contribution in [0.15, 0.2) is 48.5 Å². The molecule has 1 saturated heterocycles. The summed E-state index contributed by atoms with van der Waals surface area (Å²) in [4.78, 5) is 14.9. The Kier molecular flexibility index (Phi) is 5.75. The summed E-state index contributed by atoms with van der Waals surface area (Å²) in [6, 6.07) is 16.3. The van der Waals surface area contributed by atoms with Gasteiger partial charge < -0.3 is 10.2 Å². The average molecular weight is 335 g/mol. The minimum absolute atomic E-state index is 0.00209. The van der Waals surface area contributed by atoms with Gasteiger partial charge in [0.2, 0.25) is 5.91 Å². The predicted octanol–water partition coefficient (Wildman–Crippen LogP) is 4.28. The molecule has 3 heteroatoms. The van der Waals surface area contributed by atoms with Crippen molar-refractivity contribution in [3.05, 3.63) is 72.1 Å². The highest BCUT2D eigenvalue weighted by Gasteiger charge is 2.18. The fourth-order valence-corrected chi connectivity index (χ4v) is 3.49. The second-order valence-corrected chi connectivity index (χ2v) is 6.89. The molecule has 25 heavy (non-hydrogen) atoms. The van der Waals surface area contributed by atoms with Crippen molar-refractivity contribution in [2.75, 3.05) is 18.0 Å². The molecule has 1 radical (unpaired) electrons. The number of piperidine rings is 1. The maximum absolute atomic E-state index is 12.4. The van der Waals surface area contributed by atoms with Crippen LogP contribution in [0.2, 0.25) is 0 Å². The van der Waals surface area contributed by atoms with Gasteiger partial charge in [-0.3, -0.25) is 4.79 Å². The van der Waals surface area contributed by atoms with Crippen LogP contribution in [-0.4, -0.2) is 19.0 Å². The van der Waals surface area contributed by atoms with Crippen LogP contribution < -0.4 is 10.2 Å². The smallest absolute Gasteiger partial charge is 0.224 e. The maximum atomic E-state index is 12.4. The third-order valence-electron chi connectivity index (χ3n) is 4.87. The van der Waals surface area contributed by atoms with Crippen molar-refractivity contribution in [3.63, 3.8) is 0 Å². The Bertz CT molecular complexity index is 702. The van der Waals surface area contributed by atoms with Gasteiger partial charge in [-0.05, 0) is 55.9 Å². The van der Waals surface area contributed by atoms with E-state index < -0.39 is 0 Å². The molecule has 1 amide bonds. The van der Waals surface area contributed by atoms with Gasteiger partial charge in [0, 0.05) is 18.8 Å². The van der Waals surface area contributed by atoms with Gasteiger partial charge >= 0.3 is 0 Å². The Labute approximate surface area is 151 Å². The van der Waals surface area contributed by atoms with Crippen LogP contribution >= 0.6 is 0 Å². The molecule has 3 rings (SSSR count). The van der Waals surface area contributed by atoms with Gasteiger partial charge in [-0.15, -0.1) is 0 Å². The molecule has 3 nitrogen and oxygen atoms in total. The van der Waals surface area contributed by atoms with Crippen molar-refractivity contribution < 1.29 is 4.79 Å². The number of carbonyl (C=O) groups is 1. The van der Waals surface area contributed by atoms with E-state index in [4.69, 9.17) is 0 Å². The zero-order chi connectivity index (χ0) is 17.6. The lowest BCUT2D eigenvalue weighted by Crippen LogP contribution is -2.33. The third kappa shape index (κ3) is 4.62. The van der Waals surface area contributed by atoms with Crippen LogP contribution in [-0.2, 0) is 11.2 Å². The Morgan fingerprint density at radius 2 is 1.76 bits per heavy atom. The number of hydrogen-bond acceptors (Lipinski definition) is 2. The van der Waals surface area contributed by atoms with Gasteiger partial charge in [0.25, 0.3) is 0 Å². The monoisotopic (exact) mass is 335 g/mol. The van der Waals surface area contributed by atoms with Gasteiger partial charge in [-0.25, -0.2) is 0 Å². The van der Waals surface area contributed by atoms with Crippen LogP contribution in [0.4, 0.5) is 5.69 Å². The first-order chi connectivity index (χ1) is 12.1. The van der Waals surface area contributed by atoms with Gasteiger partial charge in [0.1, 0.15) is 0 Å². The molecule has 1 N–H and O–H groups in total. The third-order valence-corrected chi connectivity index (χ3v) is 4.87. The SMILES string of the molecule is [CH2]c1ccc(CC(=O)NC(C)c2ccccc2N2CCCCC2)cc1. The van der Waals surface area contributed by atoms with E-state index in [1.807, 2.05) is 24.3 Å². The molecule has 1 atom stereocenters. The molecule has 1 fully saturated rings. The Morgan fingerprint density at radius 3 is 2.48 bits per heavy atom. The lowest BCUT2D eigenvalue weighted by atomic mass is 10.0. The van der Waals surface area contributed by atoms with E-state index in [9.17, 15) is 4.79 Å². The molecule has 2 aromatic rings. The number of anilines is 1. The predicted molar refractivity (Wildman–Crippen MR) is 104 cm³/mol. The van der Waals surface area contributed by atoms with Crippen LogP contribution in [0.25, 0.3) is 0 Å². The van der Waals surface area contributed by atoms with Crippen LogP contribution in [0.3, 0.4) is 0 Å². The molecule has 0 saturated carbocycles. The van der Waals surface area contributed by atoms with Crippen molar-refractivity contribution in [2.45, 2.75) is 38.6 Å². The van der Waals surface area contributed by atoms with E-state index in [2.05, 4.69) is 48.3 Å². The average Bonchev–Trinajstić information content (AvgIpc) is 2.64. The van der Waals surface area contributed by atoms with Gasteiger partial charge in [0.15, 0.2) is 0 Å². The molecule has 1 aliphatic heterocycles. The molecule has 0 aliphatic carbocycles. The summed E-state index contributed by atoms with van der Waals surface area (Å²) in [5.74, 6) is 0.0535. The zero-order valence-corrected chi connectivity index (χ0v) is 15.0. The van der Waals surface area contributed by atoms with Gasteiger partial charge in [-0.2, -0.15) is 0 Å². The fraction of sp³-hybridized carbons (Fsp3) is 0.364. The molecule has 1 heterocycles. The summed E-state index contributed by atoms with van der Waals surface area (Å²) in [5.41, 5.74) is 4.44. The summed E-state index contributed by atoms with van der Waals surface area (Å²) < 4.78 is 0.